The van der Waals surface area contributed by atoms with Gasteiger partial charge in [0, 0.05) is 19.6 Å². The number of carbonyl (C=O) groups is 2. The van der Waals surface area contributed by atoms with E-state index in [1.807, 2.05) is 27.7 Å². The lowest BCUT2D eigenvalue weighted by Gasteiger charge is -2.27. The molecule has 0 unspecified atom stereocenters. The highest BCUT2D eigenvalue weighted by Gasteiger charge is 2.32. The van der Waals surface area contributed by atoms with Gasteiger partial charge in [-0.05, 0) is 32.1 Å². The summed E-state index contributed by atoms with van der Waals surface area (Å²) < 4.78 is 35.2. The number of nitrogens with zero attached hydrogens (tertiary/aromatic N) is 1. The van der Waals surface area contributed by atoms with Crippen molar-refractivity contribution in [2.45, 2.75) is 85.5 Å². The zero-order valence-corrected chi connectivity index (χ0v) is 24.7. The molecule has 0 aliphatic carbocycles. The Morgan fingerprint density at radius 1 is 0.846 bits per heavy atom. The first-order valence-corrected chi connectivity index (χ1v) is 16.0. The number of ether oxygens (including phenoxy) is 2. The van der Waals surface area contributed by atoms with E-state index in [1.54, 1.807) is 4.90 Å². The van der Waals surface area contributed by atoms with Gasteiger partial charge in [0.25, 0.3) is 10.9 Å². The van der Waals surface area contributed by atoms with E-state index in [0.717, 1.165) is 25.7 Å². The Balaban J connectivity index is 2.06. The quantitative estimate of drug-likeness (QED) is 0.108. The zero-order chi connectivity index (χ0) is 28.8. The Bertz CT molecular complexity index is 987. The number of hydrogen-bond acceptors (Lipinski definition) is 11. The molecule has 0 fully saturated rings. The second-order valence-corrected chi connectivity index (χ2v) is 12.1. The van der Waals surface area contributed by atoms with Crippen LogP contribution >= 0.6 is 7.60 Å². The normalized spacial score (nSPS) is 13.8. The van der Waals surface area contributed by atoms with Crippen LogP contribution in [-0.2, 0) is 32.7 Å². The fourth-order valence-corrected chi connectivity index (χ4v) is 6.04. The van der Waals surface area contributed by atoms with Gasteiger partial charge in [0.05, 0.1) is 18.0 Å². The van der Waals surface area contributed by atoms with Gasteiger partial charge in [0.1, 0.15) is 11.4 Å². The predicted octanol–water partition coefficient (Wildman–Crippen LogP) is 4.57. The van der Waals surface area contributed by atoms with Crippen molar-refractivity contribution in [3.8, 4) is 0 Å². The molecule has 1 N–H and O–H groups in total. The van der Waals surface area contributed by atoms with Crippen LogP contribution in [0, 0.1) is 11.8 Å². The minimum absolute atomic E-state index is 0.0985. The maximum absolute atomic E-state index is 13.7. The van der Waals surface area contributed by atoms with Gasteiger partial charge >= 0.3 is 19.5 Å². The van der Waals surface area contributed by atoms with Crippen molar-refractivity contribution in [1.82, 2.24) is 0 Å². The van der Waals surface area contributed by atoms with E-state index in [1.165, 1.54) is 0 Å². The van der Waals surface area contributed by atoms with E-state index in [0.29, 0.717) is 45.2 Å². The first kappa shape index (κ1) is 33.0. The van der Waals surface area contributed by atoms with Gasteiger partial charge < -0.3 is 19.7 Å². The first-order chi connectivity index (χ1) is 18.7. The lowest BCUT2D eigenvalue weighted by Crippen LogP contribution is -2.42. The number of hydrogen-bond donors (Lipinski definition) is 1. The number of fused-ring (bicyclic) bond motifs is 1. The summed E-state index contributed by atoms with van der Waals surface area (Å²) in [6.07, 6.45) is 6.54. The summed E-state index contributed by atoms with van der Waals surface area (Å²) in [7, 11) is -3.93. The molecular formula is C27H45N2O9P. The van der Waals surface area contributed by atoms with E-state index in [9.17, 15) is 23.7 Å². The monoisotopic (exact) mass is 572 g/mol. The first-order valence-electron chi connectivity index (χ1n) is 14.2. The molecule has 11 nitrogen and oxygen atoms in total. The Morgan fingerprint density at radius 2 is 1.33 bits per heavy atom. The molecule has 0 atom stereocenters. The Labute approximate surface area is 231 Å². The largest absolute Gasteiger partial charge is 0.438 e. The van der Waals surface area contributed by atoms with Crippen molar-refractivity contribution in [3.05, 3.63) is 20.4 Å². The van der Waals surface area contributed by atoms with Gasteiger partial charge in [0.15, 0.2) is 0 Å². The lowest BCUT2D eigenvalue weighted by molar-refractivity contribution is -0.158. The van der Waals surface area contributed by atoms with Gasteiger partial charge in [-0.3, -0.25) is 32.8 Å². The van der Waals surface area contributed by atoms with E-state index >= 15 is 0 Å². The van der Waals surface area contributed by atoms with Gasteiger partial charge in [-0.15, -0.1) is 0 Å². The molecule has 1 aliphatic heterocycles. The molecule has 12 heteroatoms. The third-order valence-electron chi connectivity index (χ3n) is 6.87. The van der Waals surface area contributed by atoms with Crippen molar-refractivity contribution < 1.29 is 32.7 Å². The molecule has 0 saturated heterocycles. The standard InChI is InChI=1S/C27H45N2O9P/c1-5-10-20(11-6-2)26(32)35-18-37-39(34,38-19-36-27(33)21(12-7-3)13-8-4)17-16-29-15-9-14-28-22-23(29)25(31)24(22)30/h20-21,28H,5-19H2,1-4H3. The van der Waals surface area contributed by atoms with Crippen molar-refractivity contribution in [1.29, 1.82) is 0 Å². The molecule has 1 aliphatic rings. The van der Waals surface area contributed by atoms with Crippen molar-refractivity contribution in [3.63, 3.8) is 0 Å². The maximum Gasteiger partial charge on any atom is 0.338 e. The molecule has 2 rings (SSSR count). The highest BCUT2D eigenvalue weighted by Crippen LogP contribution is 2.48. The van der Waals surface area contributed by atoms with E-state index in [-0.39, 0.29) is 35.9 Å². The molecule has 0 saturated carbocycles. The van der Waals surface area contributed by atoms with Gasteiger partial charge in [-0.25, -0.2) is 0 Å². The third-order valence-corrected chi connectivity index (χ3v) is 8.61. The summed E-state index contributed by atoms with van der Waals surface area (Å²) >= 11 is 0. The van der Waals surface area contributed by atoms with Crippen LogP contribution in [0.5, 0.6) is 0 Å². The molecule has 1 aromatic carbocycles. The second kappa shape index (κ2) is 16.8. The molecule has 1 heterocycles. The maximum atomic E-state index is 13.7. The molecule has 0 bridgehead atoms. The Kier molecular flexibility index (Phi) is 14.2. The van der Waals surface area contributed by atoms with Crippen LogP contribution in [0.4, 0.5) is 11.4 Å². The van der Waals surface area contributed by atoms with Crippen LogP contribution in [-0.4, -0.2) is 51.3 Å². The molecular weight excluding hydrogens is 527 g/mol. The molecule has 0 radical (unpaired) electrons. The fraction of sp³-hybridized carbons (Fsp3) is 0.778. The minimum atomic E-state index is -3.93. The minimum Gasteiger partial charge on any atom is -0.438 e. The van der Waals surface area contributed by atoms with Crippen LogP contribution in [0.15, 0.2) is 9.59 Å². The summed E-state index contributed by atoms with van der Waals surface area (Å²) in [6, 6.07) is 0. The molecule has 1 aromatic rings. The molecule has 222 valence electrons. The topological polar surface area (TPSA) is 138 Å². The summed E-state index contributed by atoms with van der Waals surface area (Å²) in [4.78, 5) is 50.8. The smallest absolute Gasteiger partial charge is 0.338 e. The van der Waals surface area contributed by atoms with Crippen molar-refractivity contribution in [2.75, 3.05) is 49.6 Å². The fourth-order valence-electron chi connectivity index (χ4n) is 4.79. The van der Waals surface area contributed by atoms with Crippen LogP contribution in [0.3, 0.4) is 0 Å². The number of esters is 2. The lowest BCUT2D eigenvalue weighted by atomic mass is 9.99. The average Bonchev–Trinajstić information content (AvgIpc) is 3.11. The average molecular weight is 573 g/mol. The highest BCUT2D eigenvalue weighted by molar-refractivity contribution is 7.53. The predicted molar refractivity (Wildman–Crippen MR) is 150 cm³/mol. The molecule has 39 heavy (non-hydrogen) atoms. The Hall–Kier alpha value is -2.23. The Morgan fingerprint density at radius 3 is 1.79 bits per heavy atom. The van der Waals surface area contributed by atoms with Gasteiger partial charge in [-0.2, -0.15) is 0 Å². The molecule has 0 spiro atoms. The van der Waals surface area contributed by atoms with Crippen LogP contribution in [0.2, 0.25) is 0 Å². The van der Waals surface area contributed by atoms with E-state index in [4.69, 9.17) is 18.5 Å². The van der Waals surface area contributed by atoms with Crippen molar-refractivity contribution >= 4 is 30.9 Å². The second-order valence-electron chi connectivity index (χ2n) is 9.95. The number of anilines is 2. The van der Waals surface area contributed by atoms with Gasteiger partial charge in [0.2, 0.25) is 13.6 Å². The number of nitrogens with one attached hydrogen (secondary N) is 1. The number of carbonyl (C=O) groups excluding carboxylic acids is 2. The molecule has 0 amide bonds. The van der Waals surface area contributed by atoms with Crippen molar-refractivity contribution in [2.24, 2.45) is 11.8 Å². The van der Waals surface area contributed by atoms with Crippen LogP contribution < -0.4 is 21.1 Å². The number of rotatable bonds is 19. The summed E-state index contributed by atoms with van der Waals surface area (Å²) in [6.45, 7) is 7.91. The van der Waals surface area contributed by atoms with Gasteiger partial charge in [-0.1, -0.05) is 53.4 Å². The third kappa shape index (κ3) is 9.72. The molecule has 0 aromatic heterocycles. The SMILES string of the molecule is CCCC(CCC)C(=O)OCOP(=O)(CCN1CCCNc2c1c(=O)c2=O)OCOC(=O)C(CCC)CCC. The van der Waals surface area contributed by atoms with Crippen LogP contribution in [0.1, 0.15) is 85.5 Å². The van der Waals surface area contributed by atoms with E-state index < -0.39 is 44.0 Å². The highest BCUT2D eigenvalue weighted by atomic mass is 31.2. The van der Waals surface area contributed by atoms with E-state index in [2.05, 4.69) is 5.32 Å². The van der Waals surface area contributed by atoms with Crippen LogP contribution in [0.25, 0.3) is 0 Å². The summed E-state index contributed by atoms with van der Waals surface area (Å²) in [5.74, 6) is -1.39. The zero-order valence-electron chi connectivity index (χ0n) is 23.8. The summed E-state index contributed by atoms with van der Waals surface area (Å²) in [5, 5.41) is 2.97. The summed E-state index contributed by atoms with van der Waals surface area (Å²) in [5.41, 5.74) is -0.609.